The zero-order chi connectivity index (χ0) is 14.3. The number of ether oxygens (including phenoxy) is 3. The van der Waals surface area contributed by atoms with Crippen LogP contribution in [0.5, 0.6) is 17.2 Å². The topological polar surface area (TPSA) is 65.0 Å². The Hall–Kier alpha value is -2.17. The van der Waals surface area contributed by atoms with Crippen LogP contribution < -0.4 is 14.2 Å². The van der Waals surface area contributed by atoms with Crippen molar-refractivity contribution in [1.29, 1.82) is 0 Å². The molecule has 1 rings (SSSR count). The Bertz CT molecular complexity index is 440. The van der Waals surface area contributed by atoms with Gasteiger partial charge in [-0.2, -0.15) is 0 Å². The van der Waals surface area contributed by atoms with Crippen LogP contribution in [-0.4, -0.2) is 31.9 Å². The molecular weight excluding hydrogens is 248 g/mol. The van der Waals surface area contributed by atoms with Crippen molar-refractivity contribution in [3.8, 4) is 17.2 Å². The third-order valence-electron chi connectivity index (χ3n) is 2.35. The third-order valence-corrected chi connectivity index (χ3v) is 2.35. The molecule has 5 nitrogen and oxygen atoms in total. The molecule has 104 valence electrons. The molecule has 1 aromatic carbocycles. The molecule has 1 aromatic rings. The maximum Gasteiger partial charge on any atom is 0.328 e. The van der Waals surface area contributed by atoms with Crippen molar-refractivity contribution in [1.82, 2.24) is 0 Å². The first-order valence-electron chi connectivity index (χ1n) is 5.92. The zero-order valence-corrected chi connectivity index (χ0v) is 11.3. The van der Waals surface area contributed by atoms with E-state index in [0.29, 0.717) is 29.4 Å². The Morgan fingerprint density at radius 2 is 1.84 bits per heavy atom. The van der Waals surface area contributed by atoms with Crippen LogP contribution in [0.1, 0.15) is 18.9 Å². The number of benzene rings is 1. The van der Waals surface area contributed by atoms with Crippen molar-refractivity contribution in [3.05, 3.63) is 23.8 Å². The molecule has 0 aliphatic carbocycles. The molecule has 0 aliphatic heterocycles. The lowest BCUT2D eigenvalue weighted by molar-refractivity contribution is -0.131. The summed E-state index contributed by atoms with van der Waals surface area (Å²) in [5.74, 6) is 0.541. The number of hydrogen-bond acceptors (Lipinski definition) is 4. The van der Waals surface area contributed by atoms with E-state index in [-0.39, 0.29) is 0 Å². The van der Waals surface area contributed by atoms with E-state index in [9.17, 15) is 4.79 Å². The summed E-state index contributed by atoms with van der Waals surface area (Å²) >= 11 is 0. The molecule has 1 N–H and O–H groups in total. The highest BCUT2D eigenvalue weighted by Gasteiger charge is 2.13. The number of hydrogen-bond donors (Lipinski definition) is 1. The molecule has 0 amide bonds. The summed E-state index contributed by atoms with van der Waals surface area (Å²) in [5, 5.41) is 8.62. The molecule has 0 aliphatic rings. The smallest absolute Gasteiger partial charge is 0.328 e. The molecule has 5 heteroatoms. The standard InChI is InChI=1S/C14H18O5/c1-4-7-19-14-11(17-2)8-10(5-6-13(15)16)9-12(14)18-3/h5-6,8-9H,4,7H2,1-3H3,(H,15,16)/b6-5-. The summed E-state index contributed by atoms with van der Waals surface area (Å²) in [5.41, 5.74) is 0.667. The quantitative estimate of drug-likeness (QED) is 0.768. The summed E-state index contributed by atoms with van der Waals surface area (Å²) in [7, 11) is 3.05. The summed E-state index contributed by atoms with van der Waals surface area (Å²) in [6.45, 7) is 2.56. The number of rotatable bonds is 7. The Labute approximate surface area is 112 Å². The van der Waals surface area contributed by atoms with Crippen LogP contribution in [0.2, 0.25) is 0 Å². The molecule has 0 radical (unpaired) electrons. The molecule has 0 unspecified atom stereocenters. The van der Waals surface area contributed by atoms with Gasteiger partial charge in [0.2, 0.25) is 5.75 Å². The van der Waals surface area contributed by atoms with Gasteiger partial charge < -0.3 is 19.3 Å². The van der Waals surface area contributed by atoms with E-state index in [2.05, 4.69) is 0 Å². The van der Waals surface area contributed by atoms with Crippen molar-refractivity contribution in [2.45, 2.75) is 13.3 Å². The highest BCUT2D eigenvalue weighted by atomic mass is 16.5. The predicted molar refractivity (Wildman–Crippen MR) is 72.0 cm³/mol. The van der Waals surface area contributed by atoms with Crippen LogP contribution in [0.4, 0.5) is 0 Å². The monoisotopic (exact) mass is 266 g/mol. The second-order valence-electron chi connectivity index (χ2n) is 3.77. The summed E-state index contributed by atoms with van der Waals surface area (Å²) in [4.78, 5) is 10.5. The second-order valence-corrected chi connectivity index (χ2v) is 3.77. The maximum absolute atomic E-state index is 10.5. The van der Waals surface area contributed by atoms with E-state index >= 15 is 0 Å². The van der Waals surface area contributed by atoms with Crippen LogP contribution in [-0.2, 0) is 4.79 Å². The minimum absolute atomic E-state index is 0.512. The van der Waals surface area contributed by atoms with Gasteiger partial charge in [0.1, 0.15) is 0 Å². The van der Waals surface area contributed by atoms with Gasteiger partial charge in [-0.3, -0.25) is 0 Å². The predicted octanol–water partition coefficient (Wildman–Crippen LogP) is 2.59. The van der Waals surface area contributed by atoms with Crippen LogP contribution in [0.25, 0.3) is 6.08 Å². The van der Waals surface area contributed by atoms with Gasteiger partial charge in [-0.05, 0) is 30.2 Å². The first-order valence-corrected chi connectivity index (χ1v) is 5.92. The minimum Gasteiger partial charge on any atom is -0.493 e. The molecule has 0 saturated carbocycles. The van der Waals surface area contributed by atoms with Crippen LogP contribution >= 0.6 is 0 Å². The molecule has 0 bridgehead atoms. The van der Waals surface area contributed by atoms with E-state index in [0.717, 1.165) is 12.5 Å². The van der Waals surface area contributed by atoms with Gasteiger partial charge >= 0.3 is 5.97 Å². The van der Waals surface area contributed by atoms with Gasteiger partial charge in [0, 0.05) is 6.08 Å². The van der Waals surface area contributed by atoms with Gasteiger partial charge in [-0.1, -0.05) is 6.92 Å². The van der Waals surface area contributed by atoms with E-state index < -0.39 is 5.97 Å². The highest BCUT2D eigenvalue weighted by Crippen LogP contribution is 2.38. The summed E-state index contributed by atoms with van der Waals surface area (Å²) < 4.78 is 16.1. The average Bonchev–Trinajstić information content (AvgIpc) is 2.42. The first-order chi connectivity index (χ1) is 9.12. The van der Waals surface area contributed by atoms with Gasteiger partial charge in [-0.15, -0.1) is 0 Å². The van der Waals surface area contributed by atoms with Crippen LogP contribution in [0.3, 0.4) is 0 Å². The Morgan fingerprint density at radius 3 is 2.26 bits per heavy atom. The van der Waals surface area contributed by atoms with Crippen molar-refractivity contribution in [2.24, 2.45) is 0 Å². The molecule has 0 heterocycles. The summed E-state index contributed by atoms with van der Waals surface area (Å²) in [6, 6.07) is 3.40. The van der Waals surface area contributed by atoms with E-state index in [4.69, 9.17) is 19.3 Å². The molecule has 0 fully saturated rings. The fourth-order valence-electron chi connectivity index (χ4n) is 1.51. The lowest BCUT2D eigenvalue weighted by Crippen LogP contribution is -2.01. The van der Waals surface area contributed by atoms with Crippen molar-refractivity contribution >= 4 is 12.0 Å². The van der Waals surface area contributed by atoms with Crippen LogP contribution in [0.15, 0.2) is 18.2 Å². The zero-order valence-electron chi connectivity index (χ0n) is 11.3. The highest BCUT2D eigenvalue weighted by molar-refractivity contribution is 5.85. The van der Waals surface area contributed by atoms with E-state index in [1.165, 1.54) is 20.3 Å². The van der Waals surface area contributed by atoms with Gasteiger partial charge in [-0.25, -0.2) is 4.79 Å². The molecule has 0 atom stereocenters. The molecule has 19 heavy (non-hydrogen) atoms. The lowest BCUT2D eigenvalue weighted by atomic mass is 10.1. The molecular formula is C14H18O5. The van der Waals surface area contributed by atoms with Crippen molar-refractivity contribution < 1.29 is 24.1 Å². The van der Waals surface area contributed by atoms with E-state index in [1.54, 1.807) is 12.1 Å². The Morgan fingerprint density at radius 1 is 1.26 bits per heavy atom. The fourth-order valence-corrected chi connectivity index (χ4v) is 1.51. The van der Waals surface area contributed by atoms with Crippen molar-refractivity contribution in [3.63, 3.8) is 0 Å². The number of methoxy groups -OCH3 is 2. The SMILES string of the molecule is CCCOc1c(OC)cc(/C=C\C(=O)O)cc1OC. The molecule has 0 aromatic heterocycles. The van der Waals surface area contributed by atoms with Gasteiger partial charge in [0.05, 0.1) is 20.8 Å². The number of carboxylic acid groups (broad SMARTS) is 1. The van der Waals surface area contributed by atoms with Gasteiger partial charge in [0.15, 0.2) is 11.5 Å². The largest absolute Gasteiger partial charge is 0.493 e. The average molecular weight is 266 g/mol. The Kier molecular flexibility index (Phi) is 5.73. The Balaban J connectivity index is 3.15. The van der Waals surface area contributed by atoms with Gasteiger partial charge in [0.25, 0.3) is 0 Å². The number of carbonyl (C=O) groups is 1. The maximum atomic E-state index is 10.5. The van der Waals surface area contributed by atoms with Crippen molar-refractivity contribution in [2.75, 3.05) is 20.8 Å². The minimum atomic E-state index is -1.01. The molecule has 0 saturated heterocycles. The summed E-state index contributed by atoms with van der Waals surface area (Å²) in [6.07, 6.45) is 3.39. The second kappa shape index (κ2) is 7.31. The lowest BCUT2D eigenvalue weighted by Gasteiger charge is -2.14. The number of aliphatic carboxylic acids is 1. The fraction of sp³-hybridized carbons (Fsp3) is 0.357. The van der Waals surface area contributed by atoms with Crippen LogP contribution in [0, 0.1) is 0 Å². The normalized spacial score (nSPS) is 10.5. The number of carboxylic acids is 1. The third kappa shape index (κ3) is 4.21. The first kappa shape index (κ1) is 14.9. The van der Waals surface area contributed by atoms with E-state index in [1.807, 2.05) is 6.92 Å². The molecule has 0 spiro atoms.